The summed E-state index contributed by atoms with van der Waals surface area (Å²) in [6, 6.07) is 0. The predicted molar refractivity (Wildman–Crippen MR) is 125 cm³/mol. The summed E-state index contributed by atoms with van der Waals surface area (Å²) in [4.78, 5) is 12.3. The lowest BCUT2D eigenvalue weighted by Crippen LogP contribution is -2.54. The maximum atomic E-state index is 12.3. The van der Waals surface area contributed by atoms with Gasteiger partial charge in [-0.05, 0) is 56.2 Å². The number of carbonyl (C=O) groups excluding carboxylic acids is 1. The second-order valence-corrected chi connectivity index (χ2v) is 15.1. The van der Waals surface area contributed by atoms with Gasteiger partial charge in [-0.3, -0.25) is 0 Å². The van der Waals surface area contributed by atoms with E-state index in [1.807, 2.05) is 27.7 Å². The van der Waals surface area contributed by atoms with Gasteiger partial charge in [-0.1, -0.05) is 47.5 Å². The number of hydrogen-bond donors (Lipinski definition) is 0. The Labute approximate surface area is 185 Å². The molecular formula is C24H42O5Si. The molecule has 0 bridgehead atoms. The van der Waals surface area contributed by atoms with E-state index < -0.39 is 31.0 Å². The van der Waals surface area contributed by atoms with Gasteiger partial charge < -0.3 is 18.9 Å². The van der Waals surface area contributed by atoms with Crippen molar-refractivity contribution in [1.82, 2.24) is 0 Å². The van der Waals surface area contributed by atoms with Gasteiger partial charge in [-0.15, -0.1) is 5.54 Å². The van der Waals surface area contributed by atoms with Gasteiger partial charge in [0.15, 0.2) is 0 Å². The third kappa shape index (κ3) is 6.26. The van der Waals surface area contributed by atoms with Crippen LogP contribution in [0.25, 0.3) is 0 Å². The van der Waals surface area contributed by atoms with E-state index in [0.29, 0.717) is 16.6 Å². The molecule has 0 spiro atoms. The number of methoxy groups -OCH3 is 3. The first-order valence-electron chi connectivity index (χ1n) is 10.5. The summed E-state index contributed by atoms with van der Waals surface area (Å²) >= 11 is 0. The van der Waals surface area contributed by atoms with Gasteiger partial charge in [0.1, 0.15) is 19.3 Å². The van der Waals surface area contributed by atoms with Gasteiger partial charge in [0, 0.05) is 14.2 Å². The average molecular weight is 439 g/mol. The van der Waals surface area contributed by atoms with Crippen molar-refractivity contribution in [3.05, 3.63) is 0 Å². The Morgan fingerprint density at radius 3 is 1.57 bits per heavy atom. The van der Waals surface area contributed by atoms with Crippen LogP contribution in [0.4, 0.5) is 4.79 Å². The van der Waals surface area contributed by atoms with Crippen LogP contribution in [0, 0.1) is 23.3 Å². The molecule has 0 fully saturated rings. The number of carbonyl (C=O) groups is 1. The summed E-state index contributed by atoms with van der Waals surface area (Å²) in [6.07, 6.45) is -0.857. The summed E-state index contributed by atoms with van der Waals surface area (Å²) in [5, 5.41) is 0. The van der Waals surface area contributed by atoms with Crippen LogP contribution in [-0.2, 0) is 18.9 Å². The first-order chi connectivity index (χ1) is 13.6. The molecule has 1 unspecified atom stereocenters. The maximum Gasteiger partial charge on any atom is 0.510 e. The first kappa shape index (κ1) is 28.5. The Hall–Kier alpha value is -1.47. The molecule has 0 rings (SSSR count). The van der Waals surface area contributed by atoms with Crippen LogP contribution in [0.5, 0.6) is 0 Å². The van der Waals surface area contributed by atoms with Crippen LogP contribution in [0.1, 0.15) is 69.2 Å². The third-order valence-corrected chi connectivity index (χ3v) is 12.4. The zero-order valence-electron chi connectivity index (χ0n) is 21.3. The number of ether oxygens (including phenoxy) is 4. The van der Waals surface area contributed by atoms with E-state index in [4.69, 9.17) is 18.9 Å². The minimum absolute atomic E-state index is 0.412. The summed E-state index contributed by atoms with van der Waals surface area (Å²) in [6.45, 7) is 20.7. The summed E-state index contributed by atoms with van der Waals surface area (Å²) < 4.78 is 21.7. The lowest BCUT2D eigenvalue weighted by Gasteiger charge is -2.40. The molecule has 0 amide bonds. The predicted octanol–water partition coefficient (Wildman–Crippen LogP) is 5.58. The van der Waals surface area contributed by atoms with Crippen molar-refractivity contribution in [3.8, 4) is 23.3 Å². The highest BCUT2D eigenvalue weighted by atomic mass is 28.3. The van der Waals surface area contributed by atoms with Crippen molar-refractivity contribution < 1.29 is 23.7 Å². The molecule has 6 heteroatoms. The molecule has 30 heavy (non-hydrogen) atoms. The summed E-state index contributed by atoms with van der Waals surface area (Å²) in [5.41, 5.74) is 1.57. The molecule has 0 heterocycles. The zero-order valence-corrected chi connectivity index (χ0v) is 22.3. The topological polar surface area (TPSA) is 54.0 Å². The van der Waals surface area contributed by atoms with Crippen LogP contribution in [0.2, 0.25) is 16.6 Å². The van der Waals surface area contributed by atoms with E-state index in [-0.39, 0.29) is 0 Å². The monoisotopic (exact) mass is 438 g/mol. The molecule has 1 atom stereocenters. The molecule has 0 aromatic carbocycles. The number of rotatable bonds is 7. The summed E-state index contributed by atoms with van der Waals surface area (Å²) in [7, 11) is 2.28. The van der Waals surface area contributed by atoms with Crippen molar-refractivity contribution in [2.45, 2.75) is 103 Å². The van der Waals surface area contributed by atoms with Gasteiger partial charge in [-0.25, -0.2) is 4.79 Å². The van der Waals surface area contributed by atoms with Gasteiger partial charge in [0.25, 0.3) is 5.60 Å². The standard InChI is InChI=1S/C24H42O5Si/c1-18(2)30(19(3)4,20(5)6)17-16-24(23(9,10)28-13,29-21(25)26-11)15-14-22(7,8)27-12/h18-20H,1-13H3. The van der Waals surface area contributed by atoms with Crippen molar-refractivity contribution in [3.63, 3.8) is 0 Å². The van der Waals surface area contributed by atoms with E-state index in [2.05, 4.69) is 64.8 Å². The normalized spacial score (nSPS) is 14.5. The Morgan fingerprint density at radius 1 is 0.767 bits per heavy atom. The zero-order chi connectivity index (χ0) is 24.0. The SMILES string of the molecule is COC(=O)OC(C#CC(C)(C)OC)(C#C[Si](C(C)C)(C(C)C)C(C)C)C(C)(C)OC. The Morgan fingerprint density at radius 2 is 1.23 bits per heavy atom. The van der Waals surface area contributed by atoms with E-state index in [1.54, 1.807) is 14.2 Å². The largest absolute Gasteiger partial charge is 0.510 e. The lowest BCUT2D eigenvalue weighted by atomic mass is 9.85. The fourth-order valence-corrected chi connectivity index (χ4v) is 8.99. The Kier molecular flexibility index (Phi) is 10.2. The van der Waals surface area contributed by atoms with Crippen LogP contribution in [0.3, 0.4) is 0 Å². The van der Waals surface area contributed by atoms with Gasteiger partial charge in [0.05, 0.1) is 7.11 Å². The Bertz CT molecular complexity index is 679. The molecule has 0 aliphatic carbocycles. The molecule has 0 saturated carbocycles. The molecule has 0 aliphatic heterocycles. The molecule has 0 radical (unpaired) electrons. The highest BCUT2D eigenvalue weighted by molar-refractivity contribution is 6.90. The van der Waals surface area contributed by atoms with Crippen molar-refractivity contribution >= 4 is 14.2 Å². The minimum atomic E-state index is -2.12. The highest BCUT2D eigenvalue weighted by Gasteiger charge is 2.50. The molecular weight excluding hydrogens is 396 g/mol. The first-order valence-corrected chi connectivity index (χ1v) is 12.8. The summed E-state index contributed by atoms with van der Waals surface area (Å²) in [5.74, 6) is 9.47. The average Bonchev–Trinajstić information content (AvgIpc) is 2.65. The van der Waals surface area contributed by atoms with Crippen LogP contribution in [0.15, 0.2) is 0 Å². The van der Waals surface area contributed by atoms with Gasteiger partial charge in [-0.2, -0.15) is 0 Å². The van der Waals surface area contributed by atoms with Gasteiger partial charge in [0.2, 0.25) is 0 Å². The van der Waals surface area contributed by atoms with E-state index in [0.717, 1.165) is 0 Å². The van der Waals surface area contributed by atoms with Crippen molar-refractivity contribution in [2.75, 3.05) is 21.3 Å². The molecule has 0 aromatic heterocycles. The van der Waals surface area contributed by atoms with Crippen LogP contribution in [-0.4, -0.2) is 52.4 Å². The quantitative estimate of drug-likeness (QED) is 0.295. The molecule has 0 N–H and O–H groups in total. The number of hydrogen-bond acceptors (Lipinski definition) is 5. The Balaban J connectivity index is 7.14. The fourth-order valence-electron chi connectivity index (χ4n) is 3.74. The van der Waals surface area contributed by atoms with Crippen LogP contribution < -0.4 is 0 Å². The van der Waals surface area contributed by atoms with Gasteiger partial charge >= 0.3 is 6.16 Å². The van der Waals surface area contributed by atoms with Crippen LogP contribution >= 0.6 is 0 Å². The molecule has 0 aliphatic rings. The second-order valence-electron chi connectivity index (χ2n) is 9.56. The molecule has 0 saturated heterocycles. The second kappa shape index (κ2) is 10.7. The molecule has 0 aromatic rings. The van der Waals surface area contributed by atoms with E-state index >= 15 is 0 Å². The third-order valence-electron chi connectivity index (χ3n) is 6.13. The van der Waals surface area contributed by atoms with Crippen molar-refractivity contribution in [1.29, 1.82) is 0 Å². The molecule has 5 nitrogen and oxygen atoms in total. The highest BCUT2D eigenvalue weighted by Crippen LogP contribution is 2.41. The van der Waals surface area contributed by atoms with E-state index in [9.17, 15) is 4.79 Å². The van der Waals surface area contributed by atoms with E-state index in [1.165, 1.54) is 7.11 Å². The lowest BCUT2D eigenvalue weighted by molar-refractivity contribution is -0.104. The fraction of sp³-hybridized carbons (Fsp3) is 0.792. The van der Waals surface area contributed by atoms with Crippen molar-refractivity contribution in [2.24, 2.45) is 0 Å². The smallest absolute Gasteiger partial charge is 0.438 e. The maximum absolute atomic E-state index is 12.3. The molecule has 172 valence electrons. The minimum Gasteiger partial charge on any atom is -0.438 e.